The topological polar surface area (TPSA) is 43.6 Å². The summed E-state index contributed by atoms with van der Waals surface area (Å²) in [6, 6.07) is 81.9. The molecule has 10 aromatic carbocycles. The Morgan fingerprint density at radius 3 is 1.66 bits per heavy atom. The lowest BCUT2D eigenvalue weighted by Crippen LogP contribution is -2.01. The molecule has 0 radical (unpaired) electrons. The zero-order valence-corrected chi connectivity index (χ0v) is 35.2. The van der Waals surface area contributed by atoms with Gasteiger partial charge in [-0.3, -0.25) is 0 Å². The SMILES string of the molecule is c1ccc(-c2nc(-c3cccc4c3ccc3ccccc34)nc(-c3ccccc3)c2-c2cccc(-c3nc4ccccc4c4c3ccc3c4c4ccccc4n3-c3ccccc3)c2)cc1. The highest BCUT2D eigenvalue weighted by atomic mass is 15.0. The summed E-state index contributed by atoms with van der Waals surface area (Å²) in [6.07, 6.45) is 0. The number of hydrogen-bond acceptors (Lipinski definition) is 3. The molecule has 302 valence electrons. The van der Waals surface area contributed by atoms with E-state index < -0.39 is 0 Å². The van der Waals surface area contributed by atoms with Crippen LogP contribution in [-0.2, 0) is 0 Å². The third-order valence-electron chi connectivity index (χ3n) is 13.0. The summed E-state index contributed by atoms with van der Waals surface area (Å²) in [6.45, 7) is 0. The van der Waals surface area contributed by atoms with Gasteiger partial charge in [0.1, 0.15) is 0 Å². The predicted octanol–water partition coefficient (Wildman–Crippen LogP) is 15.9. The number of pyridine rings is 1. The van der Waals surface area contributed by atoms with Crippen molar-refractivity contribution in [1.82, 2.24) is 19.5 Å². The Morgan fingerprint density at radius 1 is 0.308 bits per heavy atom. The molecule has 4 nitrogen and oxygen atoms in total. The molecule has 0 fully saturated rings. The van der Waals surface area contributed by atoms with Crippen molar-refractivity contribution < 1.29 is 0 Å². The molecule has 13 aromatic rings. The first-order valence-corrected chi connectivity index (χ1v) is 22.1. The molecule has 0 aliphatic rings. The second kappa shape index (κ2) is 15.0. The monoisotopic (exact) mass is 826 g/mol. The van der Waals surface area contributed by atoms with Crippen LogP contribution in [0.1, 0.15) is 0 Å². The van der Waals surface area contributed by atoms with E-state index in [1.54, 1.807) is 0 Å². The molecule has 0 spiro atoms. The molecule has 4 heteroatoms. The van der Waals surface area contributed by atoms with E-state index in [1.807, 2.05) is 0 Å². The highest BCUT2D eigenvalue weighted by Gasteiger charge is 2.23. The molecule has 0 saturated heterocycles. The fraction of sp³-hybridized carbons (Fsp3) is 0. The quantitative estimate of drug-likeness (QED) is 0.157. The van der Waals surface area contributed by atoms with Gasteiger partial charge in [-0.1, -0.05) is 194 Å². The summed E-state index contributed by atoms with van der Waals surface area (Å²) in [5.74, 6) is 0.685. The Hall–Kier alpha value is -8.73. The van der Waals surface area contributed by atoms with E-state index in [4.69, 9.17) is 15.0 Å². The minimum atomic E-state index is 0.685. The van der Waals surface area contributed by atoms with E-state index in [1.165, 1.54) is 37.8 Å². The molecule has 0 amide bonds. The fourth-order valence-electron chi connectivity index (χ4n) is 10.1. The third kappa shape index (κ3) is 5.96. The maximum absolute atomic E-state index is 5.56. The number of rotatable bonds is 6. The highest BCUT2D eigenvalue weighted by Crippen LogP contribution is 2.45. The van der Waals surface area contributed by atoms with Crippen LogP contribution in [0.25, 0.3) is 127 Å². The van der Waals surface area contributed by atoms with Gasteiger partial charge in [0.05, 0.1) is 33.6 Å². The summed E-state index contributed by atoms with van der Waals surface area (Å²) in [5, 5.41) is 10.6. The van der Waals surface area contributed by atoms with Crippen molar-refractivity contribution in [2.24, 2.45) is 0 Å². The van der Waals surface area contributed by atoms with Gasteiger partial charge in [0.2, 0.25) is 0 Å². The molecular formula is C61H38N4. The Balaban J connectivity index is 1.08. The van der Waals surface area contributed by atoms with E-state index in [0.29, 0.717) is 5.82 Å². The number of hydrogen-bond donors (Lipinski definition) is 0. The minimum Gasteiger partial charge on any atom is -0.309 e. The number of benzene rings is 10. The van der Waals surface area contributed by atoms with Crippen molar-refractivity contribution in [3.63, 3.8) is 0 Å². The summed E-state index contributed by atoms with van der Waals surface area (Å²) in [7, 11) is 0. The second-order valence-corrected chi connectivity index (χ2v) is 16.7. The number of aromatic nitrogens is 4. The molecular weight excluding hydrogens is 789 g/mol. The van der Waals surface area contributed by atoms with Crippen molar-refractivity contribution in [3.05, 3.63) is 231 Å². The van der Waals surface area contributed by atoms with Crippen molar-refractivity contribution >= 4 is 65.0 Å². The van der Waals surface area contributed by atoms with Crippen LogP contribution in [0.3, 0.4) is 0 Å². The molecule has 0 aliphatic heterocycles. The molecule has 13 rings (SSSR count). The summed E-state index contributed by atoms with van der Waals surface area (Å²) < 4.78 is 2.39. The van der Waals surface area contributed by atoms with Crippen molar-refractivity contribution in [3.8, 4) is 62.0 Å². The summed E-state index contributed by atoms with van der Waals surface area (Å²) in [4.78, 5) is 16.6. The minimum absolute atomic E-state index is 0.685. The van der Waals surface area contributed by atoms with Crippen LogP contribution in [0.15, 0.2) is 231 Å². The maximum atomic E-state index is 5.56. The fourth-order valence-corrected chi connectivity index (χ4v) is 10.1. The zero-order chi connectivity index (χ0) is 42.8. The van der Waals surface area contributed by atoms with Crippen LogP contribution in [0.2, 0.25) is 0 Å². The van der Waals surface area contributed by atoms with Crippen LogP contribution < -0.4 is 0 Å². The molecule has 0 unspecified atom stereocenters. The summed E-state index contributed by atoms with van der Waals surface area (Å²) >= 11 is 0. The lowest BCUT2D eigenvalue weighted by atomic mass is 9.91. The number of fused-ring (bicyclic) bond motifs is 10. The van der Waals surface area contributed by atoms with Gasteiger partial charge in [-0.05, 0) is 63.5 Å². The average Bonchev–Trinajstić information content (AvgIpc) is 3.73. The first kappa shape index (κ1) is 36.9. The molecule has 3 aromatic heterocycles. The van der Waals surface area contributed by atoms with Crippen LogP contribution in [0.4, 0.5) is 0 Å². The number of para-hydroxylation sites is 3. The van der Waals surface area contributed by atoms with Gasteiger partial charge in [0.25, 0.3) is 0 Å². The first-order valence-electron chi connectivity index (χ1n) is 22.1. The van der Waals surface area contributed by atoms with E-state index in [9.17, 15) is 0 Å². The normalized spacial score (nSPS) is 11.7. The van der Waals surface area contributed by atoms with E-state index in [-0.39, 0.29) is 0 Å². The van der Waals surface area contributed by atoms with Gasteiger partial charge in [0.15, 0.2) is 5.82 Å². The van der Waals surface area contributed by atoms with E-state index >= 15 is 0 Å². The van der Waals surface area contributed by atoms with Crippen LogP contribution in [-0.4, -0.2) is 19.5 Å². The largest absolute Gasteiger partial charge is 0.309 e. The standard InChI is InChI=1S/C61H38N4/c1-4-19-40(20-5-1)59-55(60(41-21-6-2-7-22-41)64-61(63-59)48-31-17-30-46-45-27-11-10-18-39(45)34-35-47(46)48)42-23-16-24-43(38-42)58-51-36-37-54-57(56(51)49-28-12-14-32-52(49)62-58)50-29-13-15-33-53(50)65(54)44-25-8-3-9-26-44/h1-38H. The average molecular weight is 827 g/mol. The van der Waals surface area contributed by atoms with Crippen LogP contribution in [0, 0.1) is 0 Å². The molecule has 65 heavy (non-hydrogen) atoms. The van der Waals surface area contributed by atoms with Crippen molar-refractivity contribution in [2.75, 3.05) is 0 Å². The van der Waals surface area contributed by atoms with Crippen molar-refractivity contribution in [2.45, 2.75) is 0 Å². The van der Waals surface area contributed by atoms with E-state index in [2.05, 4.69) is 235 Å². The Morgan fingerprint density at radius 2 is 0.892 bits per heavy atom. The van der Waals surface area contributed by atoms with Crippen LogP contribution >= 0.6 is 0 Å². The molecule has 0 saturated carbocycles. The lowest BCUT2D eigenvalue weighted by Gasteiger charge is -2.18. The Bertz CT molecular complexity index is 3930. The number of nitrogens with zero attached hydrogens (tertiary/aromatic N) is 4. The smallest absolute Gasteiger partial charge is 0.161 e. The highest BCUT2D eigenvalue weighted by molar-refractivity contribution is 6.29. The molecule has 0 aliphatic carbocycles. The third-order valence-corrected chi connectivity index (χ3v) is 13.0. The molecule has 0 bridgehead atoms. The lowest BCUT2D eigenvalue weighted by molar-refractivity contribution is 1.18. The van der Waals surface area contributed by atoms with Gasteiger partial charge in [-0.25, -0.2) is 15.0 Å². The van der Waals surface area contributed by atoms with Gasteiger partial charge >= 0.3 is 0 Å². The van der Waals surface area contributed by atoms with Gasteiger partial charge in [-0.15, -0.1) is 0 Å². The van der Waals surface area contributed by atoms with Gasteiger partial charge < -0.3 is 4.57 Å². The maximum Gasteiger partial charge on any atom is 0.161 e. The first-order chi connectivity index (χ1) is 32.3. The van der Waals surface area contributed by atoms with Gasteiger partial charge in [0, 0.05) is 60.4 Å². The Kier molecular flexibility index (Phi) is 8.50. The van der Waals surface area contributed by atoms with Crippen molar-refractivity contribution in [1.29, 1.82) is 0 Å². The molecule has 3 heterocycles. The predicted molar refractivity (Wildman–Crippen MR) is 271 cm³/mol. The van der Waals surface area contributed by atoms with E-state index in [0.717, 1.165) is 83.3 Å². The molecule has 0 N–H and O–H groups in total. The van der Waals surface area contributed by atoms with Gasteiger partial charge in [-0.2, -0.15) is 0 Å². The Labute approximate surface area is 375 Å². The molecule has 0 atom stereocenters. The zero-order valence-electron chi connectivity index (χ0n) is 35.2. The summed E-state index contributed by atoms with van der Waals surface area (Å²) in [5.41, 5.74) is 13.1. The second-order valence-electron chi connectivity index (χ2n) is 16.7. The van der Waals surface area contributed by atoms with Crippen LogP contribution in [0.5, 0.6) is 0 Å².